The normalized spacial score (nSPS) is 17.6. The van der Waals surface area contributed by atoms with Crippen LogP contribution in [0.1, 0.15) is 62.4 Å². The second kappa shape index (κ2) is 11.6. The number of carbonyl (C=O) groups excluding carboxylic acids is 2. The molecule has 0 unspecified atom stereocenters. The third-order valence-electron chi connectivity index (χ3n) is 9.49. The van der Waals surface area contributed by atoms with E-state index in [2.05, 4.69) is 37.1 Å². The molecule has 9 heteroatoms. The molecule has 238 valence electrons. The van der Waals surface area contributed by atoms with Gasteiger partial charge in [-0.2, -0.15) is 13.2 Å². The van der Waals surface area contributed by atoms with Crippen LogP contribution in [0.2, 0.25) is 0 Å². The van der Waals surface area contributed by atoms with Crippen LogP contribution in [0, 0.1) is 18.3 Å². The Morgan fingerprint density at radius 2 is 1.56 bits per heavy atom. The standard InChI is InChI=1S/C36H41F3N4O2/c1-22-31(27-10-8-9-11-29(27)40-22)32-28(34(32,2)3)20-30(44)43(21-23-12-14-24(15-13-23)36(37,38)39)35(4,5)33(45)41-25-16-18-26(19-17-25)42(6)7/h8-19,28,32,40H,20-21H2,1-7H3,(H,41,45)/t28-,32-/m0/s1. The number of carbonyl (C=O) groups is 2. The van der Waals surface area contributed by atoms with Gasteiger partial charge in [-0.15, -0.1) is 0 Å². The van der Waals surface area contributed by atoms with Crippen LogP contribution in [0.25, 0.3) is 10.9 Å². The molecule has 0 bridgehead atoms. The lowest BCUT2D eigenvalue weighted by atomic mass is 9.97. The molecule has 2 amide bonds. The highest BCUT2D eigenvalue weighted by Gasteiger charge is 2.60. The number of anilines is 2. The lowest BCUT2D eigenvalue weighted by Gasteiger charge is -2.38. The minimum absolute atomic E-state index is 0.0130. The number of aromatic amines is 1. The number of nitrogens with one attached hydrogen (secondary N) is 2. The highest BCUT2D eigenvalue weighted by molar-refractivity contribution is 6.00. The summed E-state index contributed by atoms with van der Waals surface area (Å²) < 4.78 is 39.8. The number of halogens is 3. The molecule has 1 saturated carbocycles. The molecule has 1 aliphatic rings. The van der Waals surface area contributed by atoms with Crippen LogP contribution in [0.5, 0.6) is 0 Å². The van der Waals surface area contributed by atoms with Crippen molar-refractivity contribution in [2.75, 3.05) is 24.3 Å². The first-order valence-corrected chi connectivity index (χ1v) is 15.1. The number of nitrogens with zero attached hydrogens (tertiary/aromatic N) is 2. The predicted molar refractivity (Wildman–Crippen MR) is 173 cm³/mol. The minimum atomic E-state index is -4.47. The number of aromatic nitrogens is 1. The van der Waals surface area contributed by atoms with Gasteiger partial charge in [0.2, 0.25) is 11.8 Å². The van der Waals surface area contributed by atoms with E-state index in [9.17, 15) is 22.8 Å². The van der Waals surface area contributed by atoms with Gasteiger partial charge >= 0.3 is 6.18 Å². The van der Waals surface area contributed by atoms with Crippen molar-refractivity contribution in [1.29, 1.82) is 0 Å². The summed E-state index contributed by atoms with van der Waals surface area (Å²) in [6.45, 7) is 9.72. The molecule has 0 spiro atoms. The van der Waals surface area contributed by atoms with Crippen molar-refractivity contribution in [2.24, 2.45) is 11.3 Å². The van der Waals surface area contributed by atoms with E-state index in [4.69, 9.17) is 0 Å². The summed E-state index contributed by atoms with van der Waals surface area (Å²) in [6, 6.07) is 20.3. The quantitative estimate of drug-likeness (QED) is 0.199. The van der Waals surface area contributed by atoms with Crippen LogP contribution in [0.15, 0.2) is 72.8 Å². The lowest BCUT2D eigenvalue weighted by molar-refractivity contribution is -0.145. The number of para-hydroxylation sites is 1. The zero-order chi connectivity index (χ0) is 32.9. The molecule has 6 nitrogen and oxygen atoms in total. The zero-order valence-corrected chi connectivity index (χ0v) is 26.8. The van der Waals surface area contributed by atoms with Crippen LogP contribution < -0.4 is 10.2 Å². The first kappa shape index (κ1) is 32.1. The number of benzene rings is 3. The molecule has 4 aromatic rings. The molecule has 1 aliphatic carbocycles. The van der Waals surface area contributed by atoms with Gasteiger partial charge in [0.15, 0.2) is 0 Å². The summed E-state index contributed by atoms with van der Waals surface area (Å²) in [5, 5.41) is 4.08. The van der Waals surface area contributed by atoms with Crippen LogP contribution in [-0.2, 0) is 22.3 Å². The maximum atomic E-state index is 14.3. The average molecular weight is 619 g/mol. The molecule has 0 aliphatic heterocycles. The monoisotopic (exact) mass is 618 g/mol. The van der Waals surface area contributed by atoms with E-state index in [0.717, 1.165) is 34.4 Å². The number of H-pyrrole nitrogens is 1. The number of fused-ring (bicyclic) bond motifs is 1. The largest absolute Gasteiger partial charge is 0.416 e. The average Bonchev–Trinajstić information content (AvgIpc) is 3.32. The predicted octanol–water partition coefficient (Wildman–Crippen LogP) is 8.14. The summed E-state index contributed by atoms with van der Waals surface area (Å²) in [7, 11) is 3.85. The highest BCUT2D eigenvalue weighted by Crippen LogP contribution is 2.67. The summed E-state index contributed by atoms with van der Waals surface area (Å²) >= 11 is 0. The third-order valence-corrected chi connectivity index (χ3v) is 9.49. The van der Waals surface area contributed by atoms with E-state index in [1.54, 1.807) is 26.0 Å². The molecule has 0 saturated heterocycles. The number of amides is 2. The van der Waals surface area contributed by atoms with Gasteiger partial charge in [-0.3, -0.25) is 9.59 Å². The number of rotatable bonds is 9. The van der Waals surface area contributed by atoms with Gasteiger partial charge in [-0.05, 0) is 91.6 Å². The maximum absolute atomic E-state index is 14.3. The van der Waals surface area contributed by atoms with Crippen molar-refractivity contribution < 1.29 is 22.8 Å². The fourth-order valence-electron chi connectivity index (χ4n) is 6.52. The van der Waals surface area contributed by atoms with E-state index >= 15 is 0 Å². The fourth-order valence-corrected chi connectivity index (χ4v) is 6.52. The van der Waals surface area contributed by atoms with E-state index < -0.39 is 17.3 Å². The molecule has 2 atom stereocenters. The van der Waals surface area contributed by atoms with Crippen molar-refractivity contribution in [2.45, 2.75) is 65.2 Å². The molecule has 1 aromatic heterocycles. The number of hydrogen-bond donors (Lipinski definition) is 2. The molecule has 2 N–H and O–H groups in total. The number of hydrogen-bond acceptors (Lipinski definition) is 3. The van der Waals surface area contributed by atoms with Gasteiger partial charge in [0, 0.05) is 55.0 Å². The topological polar surface area (TPSA) is 68.4 Å². The molecule has 1 fully saturated rings. The summed E-state index contributed by atoms with van der Waals surface area (Å²) in [5.41, 5.74) is 3.16. The van der Waals surface area contributed by atoms with E-state index in [0.29, 0.717) is 11.3 Å². The Morgan fingerprint density at radius 1 is 0.933 bits per heavy atom. The van der Waals surface area contributed by atoms with Crippen molar-refractivity contribution >= 4 is 34.1 Å². The van der Waals surface area contributed by atoms with E-state index in [1.165, 1.54) is 22.6 Å². The van der Waals surface area contributed by atoms with Crippen LogP contribution in [0.4, 0.5) is 24.5 Å². The molecule has 3 aromatic carbocycles. The van der Waals surface area contributed by atoms with Crippen molar-refractivity contribution in [3.63, 3.8) is 0 Å². The Hall–Kier alpha value is -4.27. The number of alkyl halides is 3. The van der Waals surface area contributed by atoms with Gasteiger partial charge in [0.1, 0.15) is 5.54 Å². The Labute approximate surface area is 262 Å². The fraction of sp³-hybridized carbons (Fsp3) is 0.389. The first-order chi connectivity index (χ1) is 21.0. The van der Waals surface area contributed by atoms with Crippen molar-refractivity contribution in [3.8, 4) is 0 Å². The van der Waals surface area contributed by atoms with Gasteiger partial charge in [0.25, 0.3) is 0 Å². The van der Waals surface area contributed by atoms with Crippen molar-refractivity contribution in [1.82, 2.24) is 9.88 Å². The Kier molecular flexibility index (Phi) is 8.27. The van der Waals surface area contributed by atoms with Gasteiger partial charge < -0.3 is 20.1 Å². The maximum Gasteiger partial charge on any atom is 0.416 e. The zero-order valence-electron chi connectivity index (χ0n) is 26.8. The Bertz CT molecular complexity index is 1700. The van der Waals surface area contributed by atoms with Crippen molar-refractivity contribution in [3.05, 3.63) is 95.2 Å². The van der Waals surface area contributed by atoms with Crippen LogP contribution >= 0.6 is 0 Å². The molecule has 0 radical (unpaired) electrons. The molecule has 45 heavy (non-hydrogen) atoms. The van der Waals surface area contributed by atoms with Crippen LogP contribution in [0.3, 0.4) is 0 Å². The minimum Gasteiger partial charge on any atom is -0.378 e. The van der Waals surface area contributed by atoms with Crippen LogP contribution in [-0.4, -0.2) is 41.3 Å². The van der Waals surface area contributed by atoms with Gasteiger partial charge in [0.05, 0.1) is 5.56 Å². The summed E-state index contributed by atoms with van der Waals surface area (Å²) in [4.78, 5) is 35.0. The Balaban J connectivity index is 1.42. The summed E-state index contributed by atoms with van der Waals surface area (Å²) in [6.07, 6.45) is -4.27. The van der Waals surface area contributed by atoms with Gasteiger partial charge in [-0.1, -0.05) is 44.2 Å². The second-order valence-electron chi connectivity index (χ2n) is 13.4. The van der Waals surface area contributed by atoms with E-state index in [1.807, 2.05) is 49.3 Å². The highest BCUT2D eigenvalue weighted by atomic mass is 19.4. The lowest BCUT2D eigenvalue weighted by Crippen LogP contribution is -2.54. The molecular weight excluding hydrogens is 577 g/mol. The van der Waals surface area contributed by atoms with E-state index in [-0.39, 0.29) is 42.0 Å². The molecule has 5 rings (SSSR count). The molecular formula is C36H41F3N4O2. The third kappa shape index (κ3) is 6.30. The molecule has 1 heterocycles. The second-order valence-corrected chi connectivity index (χ2v) is 13.4. The van der Waals surface area contributed by atoms with Gasteiger partial charge in [-0.25, -0.2) is 0 Å². The smallest absolute Gasteiger partial charge is 0.378 e. The Morgan fingerprint density at radius 3 is 2.16 bits per heavy atom. The first-order valence-electron chi connectivity index (χ1n) is 15.1. The SMILES string of the molecule is Cc1[nH]c2ccccc2c1[C@@H]1[C@H](CC(=O)N(Cc2ccc(C(F)(F)F)cc2)C(C)(C)C(=O)Nc2ccc(N(C)C)cc2)C1(C)C. The number of aryl methyl sites for hydroxylation is 1. The summed E-state index contributed by atoms with van der Waals surface area (Å²) in [5.74, 6) is -0.455.